The Bertz CT molecular complexity index is 300. The number of hydrogen-bond donors (Lipinski definition) is 2. The molecule has 0 heterocycles. The van der Waals surface area contributed by atoms with Crippen LogP contribution < -0.4 is 10.5 Å². The summed E-state index contributed by atoms with van der Waals surface area (Å²) in [5, 5.41) is 8.62. The van der Waals surface area contributed by atoms with Gasteiger partial charge in [0.2, 0.25) is 0 Å². The van der Waals surface area contributed by atoms with E-state index >= 15 is 0 Å². The van der Waals surface area contributed by atoms with Gasteiger partial charge >= 0.3 is 0 Å². The zero-order chi connectivity index (χ0) is 11.3. The van der Waals surface area contributed by atoms with E-state index in [0.717, 1.165) is 35.4 Å². The Hall–Kier alpha value is -1.22. The lowest BCUT2D eigenvalue weighted by Gasteiger charge is -2.10. The lowest BCUT2D eigenvalue weighted by molar-refractivity contribution is 0.253. The van der Waals surface area contributed by atoms with Crippen LogP contribution >= 0.6 is 0 Å². The summed E-state index contributed by atoms with van der Waals surface area (Å²) in [6.07, 6.45) is 1.66. The number of aryl methyl sites for hydroxylation is 2. The molecule has 0 radical (unpaired) electrons. The quantitative estimate of drug-likeness (QED) is 0.576. The minimum atomic E-state index is 0.225. The molecule has 3 nitrogen and oxygen atoms in total. The van der Waals surface area contributed by atoms with Gasteiger partial charge in [0.25, 0.3) is 0 Å². The molecule has 0 aromatic heterocycles. The van der Waals surface area contributed by atoms with Crippen molar-refractivity contribution < 1.29 is 9.84 Å². The van der Waals surface area contributed by atoms with Crippen LogP contribution in [0.5, 0.6) is 5.75 Å². The molecule has 0 saturated heterocycles. The third-order valence-electron chi connectivity index (χ3n) is 2.39. The number of benzene rings is 1. The second-order valence-electron chi connectivity index (χ2n) is 3.75. The summed E-state index contributed by atoms with van der Waals surface area (Å²) in [5.41, 5.74) is 8.77. The van der Waals surface area contributed by atoms with E-state index in [2.05, 4.69) is 0 Å². The normalized spacial score (nSPS) is 10.3. The van der Waals surface area contributed by atoms with Gasteiger partial charge in [0.05, 0.1) is 6.61 Å². The molecule has 0 atom stereocenters. The van der Waals surface area contributed by atoms with E-state index in [9.17, 15) is 0 Å². The first kappa shape index (κ1) is 11.9. The summed E-state index contributed by atoms with van der Waals surface area (Å²) in [4.78, 5) is 0. The Labute approximate surface area is 90.9 Å². The van der Waals surface area contributed by atoms with Crippen LogP contribution in [0.25, 0.3) is 0 Å². The molecule has 0 spiro atoms. The molecule has 84 valence electrons. The molecule has 0 aliphatic heterocycles. The van der Waals surface area contributed by atoms with Gasteiger partial charge in [-0.3, -0.25) is 0 Å². The number of unbranched alkanes of at least 4 members (excludes halogenated alkanes) is 1. The topological polar surface area (TPSA) is 55.5 Å². The molecule has 0 saturated carbocycles. The maximum Gasteiger partial charge on any atom is 0.119 e. The standard InChI is InChI=1S/C12H19NO2/c1-9-7-11(8-10(2)12(9)13)15-6-4-3-5-14/h7-8,14H,3-6,13H2,1-2H3. The Balaban J connectivity index is 2.55. The molecule has 0 aliphatic carbocycles. The van der Waals surface area contributed by atoms with E-state index < -0.39 is 0 Å². The molecule has 0 aliphatic rings. The van der Waals surface area contributed by atoms with E-state index in [1.54, 1.807) is 0 Å². The van der Waals surface area contributed by atoms with Crippen LogP contribution in [-0.2, 0) is 0 Å². The smallest absolute Gasteiger partial charge is 0.119 e. The number of aliphatic hydroxyl groups is 1. The van der Waals surface area contributed by atoms with Gasteiger partial charge in [-0.05, 0) is 49.9 Å². The van der Waals surface area contributed by atoms with Gasteiger partial charge < -0.3 is 15.6 Å². The average molecular weight is 209 g/mol. The van der Waals surface area contributed by atoms with Crippen LogP contribution in [0.4, 0.5) is 5.69 Å². The van der Waals surface area contributed by atoms with E-state index in [1.807, 2.05) is 26.0 Å². The van der Waals surface area contributed by atoms with Gasteiger partial charge in [-0.15, -0.1) is 0 Å². The van der Waals surface area contributed by atoms with Crippen LogP contribution in [0.1, 0.15) is 24.0 Å². The molecular formula is C12H19NO2. The van der Waals surface area contributed by atoms with Crippen molar-refractivity contribution in [3.8, 4) is 5.75 Å². The average Bonchev–Trinajstić information content (AvgIpc) is 2.21. The van der Waals surface area contributed by atoms with Crippen LogP contribution in [0.3, 0.4) is 0 Å². The summed E-state index contributed by atoms with van der Waals surface area (Å²) in [6, 6.07) is 3.89. The molecule has 1 aromatic carbocycles. The van der Waals surface area contributed by atoms with Crippen molar-refractivity contribution >= 4 is 5.69 Å². The fourth-order valence-corrected chi connectivity index (χ4v) is 1.42. The number of nitrogens with two attached hydrogens (primary N) is 1. The highest BCUT2D eigenvalue weighted by Crippen LogP contribution is 2.23. The molecule has 3 heteroatoms. The number of anilines is 1. The van der Waals surface area contributed by atoms with Crippen molar-refractivity contribution in [2.45, 2.75) is 26.7 Å². The molecular weight excluding hydrogens is 190 g/mol. The highest BCUT2D eigenvalue weighted by molar-refractivity contribution is 5.55. The first-order valence-corrected chi connectivity index (χ1v) is 5.25. The molecule has 0 amide bonds. The first-order chi connectivity index (χ1) is 7.15. The van der Waals surface area contributed by atoms with Crippen LogP contribution in [0, 0.1) is 13.8 Å². The maximum atomic E-state index is 8.62. The summed E-state index contributed by atoms with van der Waals surface area (Å²) >= 11 is 0. The van der Waals surface area contributed by atoms with Crippen molar-refractivity contribution in [2.75, 3.05) is 18.9 Å². The van der Waals surface area contributed by atoms with Crippen LogP contribution in [0.15, 0.2) is 12.1 Å². The summed E-state index contributed by atoms with van der Waals surface area (Å²) in [5.74, 6) is 0.858. The third-order valence-corrected chi connectivity index (χ3v) is 2.39. The zero-order valence-corrected chi connectivity index (χ0v) is 9.42. The van der Waals surface area contributed by atoms with Crippen LogP contribution in [0.2, 0.25) is 0 Å². The monoisotopic (exact) mass is 209 g/mol. The Morgan fingerprint density at radius 1 is 1.20 bits per heavy atom. The Morgan fingerprint density at radius 2 is 1.80 bits per heavy atom. The summed E-state index contributed by atoms with van der Waals surface area (Å²) < 4.78 is 5.56. The fourth-order valence-electron chi connectivity index (χ4n) is 1.42. The highest BCUT2D eigenvalue weighted by atomic mass is 16.5. The minimum Gasteiger partial charge on any atom is -0.494 e. The number of aliphatic hydroxyl groups excluding tert-OH is 1. The molecule has 0 unspecified atom stereocenters. The lowest BCUT2D eigenvalue weighted by Crippen LogP contribution is -2.01. The van der Waals surface area contributed by atoms with E-state index in [4.69, 9.17) is 15.6 Å². The van der Waals surface area contributed by atoms with Crippen LogP contribution in [-0.4, -0.2) is 18.3 Å². The molecule has 1 aromatic rings. The molecule has 15 heavy (non-hydrogen) atoms. The van der Waals surface area contributed by atoms with Crippen molar-refractivity contribution in [2.24, 2.45) is 0 Å². The largest absolute Gasteiger partial charge is 0.494 e. The SMILES string of the molecule is Cc1cc(OCCCCO)cc(C)c1N. The number of nitrogen functional groups attached to an aromatic ring is 1. The highest BCUT2D eigenvalue weighted by Gasteiger charge is 2.02. The summed E-state index contributed by atoms with van der Waals surface area (Å²) in [6.45, 7) is 4.82. The molecule has 0 fully saturated rings. The predicted molar refractivity (Wildman–Crippen MR) is 62.1 cm³/mol. The molecule has 1 rings (SSSR count). The Kier molecular flexibility index (Phi) is 4.43. The Morgan fingerprint density at radius 3 is 2.33 bits per heavy atom. The summed E-state index contributed by atoms with van der Waals surface area (Å²) in [7, 11) is 0. The second kappa shape index (κ2) is 5.61. The lowest BCUT2D eigenvalue weighted by atomic mass is 10.1. The van der Waals surface area contributed by atoms with Crippen molar-refractivity contribution in [3.05, 3.63) is 23.3 Å². The predicted octanol–water partition coefficient (Wildman–Crippen LogP) is 2.04. The van der Waals surface area contributed by atoms with Gasteiger partial charge in [-0.25, -0.2) is 0 Å². The third kappa shape index (κ3) is 3.44. The van der Waals surface area contributed by atoms with Gasteiger partial charge in [0.15, 0.2) is 0 Å². The van der Waals surface area contributed by atoms with E-state index in [1.165, 1.54) is 0 Å². The van der Waals surface area contributed by atoms with Crippen molar-refractivity contribution in [1.29, 1.82) is 0 Å². The van der Waals surface area contributed by atoms with E-state index in [-0.39, 0.29) is 6.61 Å². The number of hydrogen-bond acceptors (Lipinski definition) is 3. The van der Waals surface area contributed by atoms with Crippen molar-refractivity contribution in [1.82, 2.24) is 0 Å². The first-order valence-electron chi connectivity index (χ1n) is 5.25. The number of ether oxygens (including phenoxy) is 1. The van der Waals surface area contributed by atoms with Crippen molar-refractivity contribution in [3.63, 3.8) is 0 Å². The zero-order valence-electron chi connectivity index (χ0n) is 9.42. The van der Waals surface area contributed by atoms with Gasteiger partial charge in [0, 0.05) is 12.3 Å². The minimum absolute atomic E-state index is 0.225. The molecule has 0 bridgehead atoms. The molecule has 3 N–H and O–H groups in total. The van der Waals surface area contributed by atoms with E-state index in [0.29, 0.717) is 6.61 Å². The van der Waals surface area contributed by atoms with Gasteiger partial charge in [-0.2, -0.15) is 0 Å². The number of rotatable bonds is 5. The van der Waals surface area contributed by atoms with Gasteiger partial charge in [0.1, 0.15) is 5.75 Å². The maximum absolute atomic E-state index is 8.62. The van der Waals surface area contributed by atoms with Gasteiger partial charge in [-0.1, -0.05) is 0 Å². The fraction of sp³-hybridized carbons (Fsp3) is 0.500. The second-order valence-corrected chi connectivity index (χ2v) is 3.75.